The van der Waals surface area contributed by atoms with Gasteiger partial charge in [-0.1, -0.05) is 34.6 Å². The summed E-state index contributed by atoms with van der Waals surface area (Å²) in [5, 5.41) is 2.96. The van der Waals surface area contributed by atoms with Crippen molar-refractivity contribution in [3.63, 3.8) is 0 Å². The number of halogens is 1. The minimum Gasteiger partial charge on any atom is -0.611 e. The van der Waals surface area contributed by atoms with Crippen LogP contribution in [-0.4, -0.2) is 35.3 Å². The maximum absolute atomic E-state index is 13.7. The number of ether oxygens (including phenoxy) is 1. The molecule has 1 heterocycles. The molecule has 0 saturated carbocycles. The number of carbonyl (C=O) groups is 2. The third-order valence-corrected chi connectivity index (χ3v) is 9.19. The monoisotopic (exact) mass is 546 g/mol. The summed E-state index contributed by atoms with van der Waals surface area (Å²) in [7, 11) is 0. The van der Waals surface area contributed by atoms with Crippen LogP contribution >= 0.6 is 11.8 Å². The molecule has 0 bridgehead atoms. The summed E-state index contributed by atoms with van der Waals surface area (Å²) in [5.41, 5.74) is 1.72. The minimum absolute atomic E-state index is 0.0658. The van der Waals surface area contributed by atoms with Crippen LogP contribution in [0.1, 0.15) is 47.5 Å². The van der Waals surface area contributed by atoms with Crippen LogP contribution < -0.4 is 15.0 Å². The molecule has 0 aliphatic carbocycles. The van der Waals surface area contributed by atoms with Crippen LogP contribution in [-0.2, 0) is 20.8 Å². The fourth-order valence-electron chi connectivity index (χ4n) is 4.10. The van der Waals surface area contributed by atoms with Crippen molar-refractivity contribution in [1.29, 1.82) is 0 Å². The van der Waals surface area contributed by atoms with Crippen molar-refractivity contribution in [1.82, 2.24) is 0 Å². The average Bonchev–Trinajstić information content (AvgIpc) is 3.00. The molecule has 2 aromatic rings. The van der Waals surface area contributed by atoms with Gasteiger partial charge in [0.15, 0.2) is 17.0 Å². The first-order valence-corrected chi connectivity index (χ1v) is 14.8. The van der Waals surface area contributed by atoms with E-state index in [2.05, 4.69) is 24.1 Å². The molecular formula is C28H35FN2O4S2. The van der Waals surface area contributed by atoms with Crippen molar-refractivity contribution >= 4 is 52.2 Å². The first kappa shape index (κ1) is 29.1. The van der Waals surface area contributed by atoms with Gasteiger partial charge < -0.3 is 19.5 Å². The van der Waals surface area contributed by atoms with Crippen LogP contribution in [0, 0.1) is 10.8 Å². The predicted molar refractivity (Wildman–Crippen MR) is 150 cm³/mol. The van der Waals surface area contributed by atoms with Crippen LogP contribution in [0.15, 0.2) is 58.3 Å². The molecule has 200 valence electrons. The highest BCUT2D eigenvalue weighted by atomic mass is 32.2. The quantitative estimate of drug-likeness (QED) is 0.128. The smallest absolute Gasteiger partial charge is 0.229 e. The number of hydrogen-bond acceptors (Lipinski definition) is 6. The summed E-state index contributed by atoms with van der Waals surface area (Å²) in [6.45, 7) is 10.5. The Hall–Kier alpha value is -2.49. The Labute approximate surface area is 226 Å². The number of aldehydes is 1. The van der Waals surface area contributed by atoms with E-state index >= 15 is 0 Å². The molecule has 6 nitrogen and oxygen atoms in total. The molecule has 0 fully saturated rings. The van der Waals surface area contributed by atoms with Crippen LogP contribution in [0.4, 0.5) is 21.5 Å². The number of allylic oxidation sites excluding steroid dienone is 1. The Kier molecular flexibility index (Phi) is 9.37. The standard InChI is InChI=1S/C28H35FN2O4S2/c1-7-28(8-2)17-31(21-11-9-20(10-12-21)30-26(33)27(3,4)5)22-13-24(36-6)23(35-16-19(29)15-32)14-25(22)37(34)18-28/h9-16H,7-8,17-18H2,1-6H3,(H,30,33)/b19-16-. The molecule has 0 radical (unpaired) electrons. The van der Waals surface area contributed by atoms with Crippen molar-refractivity contribution < 1.29 is 23.3 Å². The summed E-state index contributed by atoms with van der Waals surface area (Å²) in [4.78, 5) is 26.6. The van der Waals surface area contributed by atoms with E-state index in [9.17, 15) is 18.5 Å². The van der Waals surface area contributed by atoms with Gasteiger partial charge >= 0.3 is 0 Å². The van der Waals surface area contributed by atoms with Gasteiger partial charge in [0.2, 0.25) is 5.91 Å². The molecule has 1 amide bonds. The lowest BCUT2D eigenvalue weighted by Gasteiger charge is -2.34. The number of rotatable bonds is 8. The summed E-state index contributed by atoms with van der Waals surface area (Å²) in [6.07, 6.45) is 4.42. The Morgan fingerprint density at radius 1 is 1.24 bits per heavy atom. The van der Waals surface area contributed by atoms with E-state index in [-0.39, 0.29) is 17.6 Å². The second kappa shape index (κ2) is 11.9. The third kappa shape index (κ3) is 6.69. The number of hydrogen-bond donors (Lipinski definition) is 1. The minimum atomic E-state index is -1.33. The maximum Gasteiger partial charge on any atom is 0.229 e. The molecule has 37 heavy (non-hydrogen) atoms. The van der Waals surface area contributed by atoms with E-state index in [0.29, 0.717) is 28.6 Å². The molecule has 1 unspecified atom stereocenters. The molecular weight excluding hydrogens is 511 g/mol. The average molecular weight is 547 g/mol. The zero-order chi connectivity index (χ0) is 27.4. The molecule has 1 aliphatic rings. The van der Waals surface area contributed by atoms with Gasteiger partial charge in [-0.2, -0.15) is 4.39 Å². The Bertz CT molecular complexity index is 1160. The number of carbonyl (C=O) groups excluding carboxylic acids is 2. The Balaban J connectivity index is 2.10. The van der Waals surface area contributed by atoms with Gasteiger partial charge in [0.05, 0.1) is 10.6 Å². The zero-order valence-electron chi connectivity index (χ0n) is 22.2. The van der Waals surface area contributed by atoms with Gasteiger partial charge in [0.25, 0.3) is 0 Å². The molecule has 0 aromatic heterocycles. The molecule has 1 atom stereocenters. The first-order valence-electron chi connectivity index (χ1n) is 12.2. The van der Waals surface area contributed by atoms with Crippen molar-refractivity contribution in [2.24, 2.45) is 10.8 Å². The van der Waals surface area contributed by atoms with E-state index in [1.54, 1.807) is 6.07 Å². The molecule has 0 spiro atoms. The first-order chi connectivity index (χ1) is 17.5. The number of nitrogens with one attached hydrogen (secondary N) is 1. The summed E-state index contributed by atoms with van der Waals surface area (Å²) < 4.78 is 32.6. The van der Waals surface area contributed by atoms with E-state index in [4.69, 9.17) is 4.74 Å². The van der Waals surface area contributed by atoms with Crippen LogP contribution in [0.2, 0.25) is 0 Å². The fourth-order valence-corrected chi connectivity index (χ4v) is 6.49. The van der Waals surface area contributed by atoms with Gasteiger partial charge in [0.1, 0.15) is 17.8 Å². The van der Waals surface area contributed by atoms with Gasteiger partial charge in [-0.25, -0.2) is 0 Å². The topological polar surface area (TPSA) is 81.7 Å². The lowest BCUT2D eigenvalue weighted by Crippen LogP contribution is -2.37. The summed E-state index contributed by atoms with van der Waals surface area (Å²) >= 11 is 0.0907. The van der Waals surface area contributed by atoms with Crippen molar-refractivity contribution in [3.05, 3.63) is 48.5 Å². The molecule has 9 heteroatoms. The third-order valence-electron chi connectivity index (χ3n) is 6.74. The van der Waals surface area contributed by atoms with E-state index < -0.39 is 22.4 Å². The van der Waals surface area contributed by atoms with Crippen molar-refractivity contribution in [2.45, 2.75) is 57.3 Å². The molecule has 1 aliphatic heterocycles. The second-order valence-electron chi connectivity index (χ2n) is 10.2. The van der Waals surface area contributed by atoms with Gasteiger partial charge in [-0.3, -0.25) is 9.59 Å². The van der Waals surface area contributed by atoms with Gasteiger partial charge in [-0.15, -0.1) is 11.8 Å². The second-order valence-corrected chi connectivity index (χ2v) is 12.5. The van der Waals surface area contributed by atoms with Crippen molar-refractivity contribution in [2.75, 3.05) is 28.8 Å². The summed E-state index contributed by atoms with van der Waals surface area (Å²) in [5.74, 6) is -0.264. The molecule has 3 rings (SSSR count). The van der Waals surface area contributed by atoms with Crippen LogP contribution in [0.5, 0.6) is 5.75 Å². The Morgan fingerprint density at radius 3 is 2.43 bits per heavy atom. The fraction of sp³-hybridized carbons (Fsp3) is 0.429. The van der Waals surface area contributed by atoms with Crippen LogP contribution in [0.25, 0.3) is 0 Å². The summed E-state index contributed by atoms with van der Waals surface area (Å²) in [6, 6.07) is 11.3. The molecule has 1 N–H and O–H groups in total. The van der Waals surface area contributed by atoms with E-state index in [1.807, 2.05) is 57.4 Å². The number of anilines is 3. The SMILES string of the molecule is CCC1(CC)CN(c2ccc(NC(=O)C(C)(C)C)cc2)c2cc(SC)c(O/C=C(\F)C=O)cc2[S+]([O-])C1. The van der Waals surface area contributed by atoms with Crippen LogP contribution in [0.3, 0.4) is 0 Å². The number of thioether (sulfide) groups is 1. The number of benzene rings is 2. The zero-order valence-corrected chi connectivity index (χ0v) is 23.9. The largest absolute Gasteiger partial charge is 0.611 e. The highest BCUT2D eigenvalue weighted by Gasteiger charge is 2.41. The van der Waals surface area contributed by atoms with Gasteiger partial charge in [-0.05, 0) is 60.6 Å². The Morgan fingerprint density at radius 2 is 1.89 bits per heavy atom. The van der Waals surface area contributed by atoms with Gasteiger partial charge in [0, 0.05) is 34.8 Å². The van der Waals surface area contributed by atoms with Crippen molar-refractivity contribution in [3.8, 4) is 5.75 Å². The normalized spacial score (nSPS) is 17.6. The van der Waals surface area contributed by atoms with E-state index in [1.165, 1.54) is 11.8 Å². The highest BCUT2D eigenvalue weighted by Crippen LogP contribution is 2.47. The number of fused-ring (bicyclic) bond motifs is 1. The maximum atomic E-state index is 13.7. The highest BCUT2D eigenvalue weighted by molar-refractivity contribution is 7.98. The lowest BCUT2D eigenvalue weighted by atomic mass is 9.83. The lowest BCUT2D eigenvalue weighted by molar-refractivity contribution is -0.123. The predicted octanol–water partition coefficient (Wildman–Crippen LogP) is 6.85. The number of nitrogens with zero attached hydrogens (tertiary/aromatic N) is 1. The molecule has 0 saturated heterocycles. The molecule has 2 aromatic carbocycles. The number of amides is 1. The van der Waals surface area contributed by atoms with E-state index in [0.717, 1.165) is 35.4 Å².